The Balaban J connectivity index is 0.00000289. The molecule has 0 saturated carbocycles. The van der Waals surface area contributed by atoms with Crippen molar-refractivity contribution < 1.29 is 15.1 Å². The molecule has 0 saturated heterocycles. The van der Waals surface area contributed by atoms with Crippen LogP contribution in [0.5, 0.6) is 5.75 Å². The van der Waals surface area contributed by atoms with E-state index in [1.54, 1.807) is 13.8 Å². The number of phenolic OH excluding ortho intramolecular Hbond substituents is 1. The van der Waals surface area contributed by atoms with Gasteiger partial charge in [0.25, 0.3) is 5.69 Å². The van der Waals surface area contributed by atoms with E-state index in [9.17, 15) is 20.3 Å². The number of aliphatic hydroxyl groups excluding tert-OH is 1. The molecule has 1 aromatic rings. The van der Waals surface area contributed by atoms with Crippen LogP contribution in [0, 0.1) is 16.0 Å². The van der Waals surface area contributed by atoms with Crippen molar-refractivity contribution in [1.29, 1.82) is 0 Å². The molecule has 0 radical (unpaired) electrons. The fourth-order valence-electron chi connectivity index (χ4n) is 1.57. The van der Waals surface area contributed by atoms with Crippen LogP contribution in [0.15, 0.2) is 18.2 Å². The fourth-order valence-corrected chi connectivity index (χ4v) is 1.57. The lowest BCUT2D eigenvalue weighted by atomic mass is 9.93. The van der Waals surface area contributed by atoms with Crippen LogP contribution in [-0.4, -0.2) is 21.2 Å². The van der Waals surface area contributed by atoms with Crippen LogP contribution in [0.4, 0.5) is 5.69 Å². The number of benzene rings is 1. The van der Waals surface area contributed by atoms with Gasteiger partial charge < -0.3 is 15.9 Å². The molecule has 2 atom stereocenters. The summed E-state index contributed by atoms with van der Waals surface area (Å²) >= 11 is 0. The van der Waals surface area contributed by atoms with Crippen molar-refractivity contribution in [2.45, 2.75) is 26.0 Å². The molecule has 6 nitrogen and oxygen atoms in total. The van der Waals surface area contributed by atoms with E-state index in [0.29, 0.717) is 0 Å². The number of nitro groups is 1. The van der Waals surface area contributed by atoms with Gasteiger partial charge in [-0.2, -0.15) is 0 Å². The molecule has 0 fully saturated rings. The lowest BCUT2D eigenvalue weighted by molar-refractivity contribution is -0.385. The first-order chi connectivity index (χ1) is 7.84. The Morgan fingerprint density at radius 2 is 1.94 bits per heavy atom. The van der Waals surface area contributed by atoms with Crippen LogP contribution in [0.25, 0.3) is 0 Å². The van der Waals surface area contributed by atoms with Gasteiger partial charge in [0.1, 0.15) is 5.75 Å². The number of hydrogen-bond acceptors (Lipinski definition) is 5. The van der Waals surface area contributed by atoms with Crippen molar-refractivity contribution in [3.05, 3.63) is 33.9 Å². The summed E-state index contributed by atoms with van der Waals surface area (Å²) < 4.78 is 0. The van der Waals surface area contributed by atoms with Crippen LogP contribution in [0.1, 0.15) is 25.5 Å². The molecule has 4 N–H and O–H groups in total. The monoisotopic (exact) mass is 276 g/mol. The minimum Gasteiger partial charge on any atom is -0.508 e. The van der Waals surface area contributed by atoms with Crippen molar-refractivity contribution in [3.63, 3.8) is 0 Å². The van der Waals surface area contributed by atoms with E-state index < -0.39 is 17.1 Å². The molecule has 1 aromatic carbocycles. The maximum Gasteiger partial charge on any atom is 0.274 e. The minimum absolute atomic E-state index is 0. The van der Waals surface area contributed by atoms with E-state index in [-0.39, 0.29) is 35.3 Å². The van der Waals surface area contributed by atoms with Gasteiger partial charge >= 0.3 is 0 Å². The SMILES string of the molecule is CC(C)[C@@H](O)[C@@H](N)c1cc(O)ccc1[N+](=O)[O-].Cl. The molecular weight excluding hydrogens is 260 g/mol. The first-order valence-electron chi connectivity index (χ1n) is 5.25. The van der Waals surface area contributed by atoms with E-state index in [0.717, 1.165) is 0 Å². The number of aromatic hydroxyl groups is 1. The summed E-state index contributed by atoms with van der Waals surface area (Å²) in [6, 6.07) is 2.71. The Bertz CT molecular complexity index is 426. The summed E-state index contributed by atoms with van der Waals surface area (Å²) in [6.07, 6.45) is -0.907. The molecule has 0 heterocycles. The zero-order valence-corrected chi connectivity index (χ0v) is 10.9. The quantitative estimate of drug-likeness (QED) is 0.573. The average Bonchev–Trinajstić information content (AvgIpc) is 2.26. The number of hydrogen-bond donors (Lipinski definition) is 3. The predicted octanol–water partition coefficient (Wildman–Crippen LogP) is 1.74. The lowest BCUT2D eigenvalue weighted by Crippen LogP contribution is -2.31. The first-order valence-corrected chi connectivity index (χ1v) is 5.25. The highest BCUT2D eigenvalue weighted by atomic mass is 35.5. The Morgan fingerprint density at radius 1 is 1.39 bits per heavy atom. The molecule has 0 spiro atoms. The summed E-state index contributed by atoms with van der Waals surface area (Å²) in [5.74, 6) is -0.246. The van der Waals surface area contributed by atoms with Crippen molar-refractivity contribution >= 4 is 18.1 Å². The van der Waals surface area contributed by atoms with E-state index in [4.69, 9.17) is 5.73 Å². The number of aliphatic hydroxyl groups is 1. The third-order valence-corrected chi connectivity index (χ3v) is 2.62. The summed E-state index contributed by atoms with van der Waals surface area (Å²) in [5, 5.41) is 30.0. The van der Waals surface area contributed by atoms with Gasteiger partial charge in [-0.1, -0.05) is 13.8 Å². The molecule has 18 heavy (non-hydrogen) atoms. The summed E-state index contributed by atoms with van der Waals surface area (Å²) in [6.45, 7) is 3.53. The van der Waals surface area contributed by atoms with Gasteiger partial charge in [-0.25, -0.2) is 0 Å². The molecule has 0 aromatic heterocycles. The second-order valence-electron chi connectivity index (χ2n) is 4.26. The Hall–Kier alpha value is -1.37. The zero-order valence-electron chi connectivity index (χ0n) is 10.1. The number of halogens is 1. The molecule has 1 rings (SSSR count). The molecule has 0 bridgehead atoms. The van der Waals surface area contributed by atoms with Gasteiger partial charge in [0, 0.05) is 6.07 Å². The van der Waals surface area contributed by atoms with E-state index >= 15 is 0 Å². The van der Waals surface area contributed by atoms with Gasteiger partial charge in [0.05, 0.1) is 22.6 Å². The second-order valence-corrected chi connectivity index (χ2v) is 4.26. The van der Waals surface area contributed by atoms with E-state index in [1.165, 1.54) is 18.2 Å². The van der Waals surface area contributed by atoms with Crippen molar-refractivity contribution in [2.24, 2.45) is 11.7 Å². The third-order valence-electron chi connectivity index (χ3n) is 2.62. The summed E-state index contributed by atoms with van der Waals surface area (Å²) in [4.78, 5) is 10.2. The third kappa shape index (κ3) is 3.56. The Morgan fingerprint density at radius 3 is 2.39 bits per heavy atom. The summed E-state index contributed by atoms with van der Waals surface area (Å²) in [5.41, 5.74) is 5.72. The number of nitrogens with two attached hydrogens (primary N) is 1. The molecule has 7 heteroatoms. The maximum absolute atomic E-state index is 10.8. The largest absolute Gasteiger partial charge is 0.508 e. The van der Waals surface area contributed by atoms with Crippen LogP contribution in [0.2, 0.25) is 0 Å². The Labute approximate surface area is 111 Å². The number of rotatable bonds is 4. The van der Waals surface area contributed by atoms with Gasteiger partial charge in [0.2, 0.25) is 0 Å². The van der Waals surface area contributed by atoms with Gasteiger partial charge in [-0.3, -0.25) is 10.1 Å². The van der Waals surface area contributed by atoms with Crippen molar-refractivity contribution in [1.82, 2.24) is 0 Å². The molecule has 102 valence electrons. The van der Waals surface area contributed by atoms with Crippen LogP contribution >= 0.6 is 12.4 Å². The molecule has 0 aliphatic heterocycles. The standard InChI is InChI=1S/C11H16N2O4.ClH/c1-6(2)11(15)10(12)8-5-7(14)3-4-9(8)13(16)17;/h3-6,10-11,14-15H,12H2,1-2H3;1H/t10-,11+;/m0./s1. The van der Waals surface area contributed by atoms with E-state index in [2.05, 4.69) is 0 Å². The normalized spacial score (nSPS) is 13.8. The Kier molecular flexibility index (Phi) is 6.04. The highest BCUT2D eigenvalue weighted by Crippen LogP contribution is 2.30. The van der Waals surface area contributed by atoms with Crippen LogP contribution in [-0.2, 0) is 0 Å². The topological polar surface area (TPSA) is 110 Å². The highest BCUT2D eigenvalue weighted by Gasteiger charge is 2.27. The van der Waals surface area contributed by atoms with Crippen molar-refractivity contribution in [3.8, 4) is 5.75 Å². The highest BCUT2D eigenvalue weighted by molar-refractivity contribution is 5.85. The van der Waals surface area contributed by atoms with Crippen molar-refractivity contribution in [2.75, 3.05) is 0 Å². The van der Waals surface area contributed by atoms with Crippen LogP contribution in [0.3, 0.4) is 0 Å². The summed E-state index contributed by atoms with van der Waals surface area (Å²) in [7, 11) is 0. The maximum atomic E-state index is 10.8. The number of nitro benzene ring substituents is 1. The molecule has 0 aliphatic carbocycles. The molecule has 0 aliphatic rings. The second kappa shape index (κ2) is 6.53. The number of nitrogens with zero attached hydrogens (tertiary/aromatic N) is 1. The first kappa shape index (κ1) is 16.6. The molecule has 0 unspecified atom stereocenters. The zero-order chi connectivity index (χ0) is 13.2. The van der Waals surface area contributed by atoms with E-state index in [1.807, 2.05) is 0 Å². The van der Waals surface area contributed by atoms with Gasteiger partial charge in [0.15, 0.2) is 0 Å². The predicted molar refractivity (Wildman–Crippen MR) is 69.8 cm³/mol. The average molecular weight is 277 g/mol. The molecule has 0 amide bonds. The number of phenols is 1. The van der Waals surface area contributed by atoms with Gasteiger partial charge in [-0.15, -0.1) is 12.4 Å². The van der Waals surface area contributed by atoms with Crippen LogP contribution < -0.4 is 5.73 Å². The smallest absolute Gasteiger partial charge is 0.274 e. The lowest BCUT2D eigenvalue weighted by Gasteiger charge is -2.22. The fraction of sp³-hybridized carbons (Fsp3) is 0.455. The minimum atomic E-state index is -0.907. The molecular formula is C11H17ClN2O4. The van der Waals surface area contributed by atoms with Gasteiger partial charge in [-0.05, 0) is 18.1 Å².